The Labute approximate surface area is 116 Å². The van der Waals surface area contributed by atoms with Crippen molar-refractivity contribution >= 4 is 41.3 Å². The fraction of sp³-hybridized carbons (Fsp3) is 0.400. The molecule has 0 spiro atoms. The molecule has 4 nitrogen and oxygen atoms in total. The van der Waals surface area contributed by atoms with Crippen molar-refractivity contribution in [3.05, 3.63) is 24.3 Å². The highest BCUT2D eigenvalue weighted by Gasteiger charge is 2.16. The van der Waals surface area contributed by atoms with E-state index in [1.54, 1.807) is 25.1 Å². The van der Waals surface area contributed by atoms with Crippen LogP contribution in [0.1, 0.15) is 6.92 Å². The monoisotopic (exact) mass is 328 g/mol. The molecule has 18 heavy (non-hydrogen) atoms. The predicted octanol–water partition coefficient (Wildman–Crippen LogP) is 2.14. The van der Waals surface area contributed by atoms with Crippen LogP contribution < -0.4 is 0 Å². The van der Waals surface area contributed by atoms with Crippen LogP contribution in [0.2, 0.25) is 0 Å². The molecule has 0 heterocycles. The minimum absolute atomic E-state index is 0.0123. The van der Waals surface area contributed by atoms with Crippen LogP contribution in [-0.2, 0) is 18.9 Å². The molecule has 0 aliphatic heterocycles. The summed E-state index contributed by atoms with van der Waals surface area (Å²) in [5.74, 6) is 0.0419. The highest BCUT2D eigenvalue weighted by Crippen LogP contribution is 2.27. The Morgan fingerprint density at radius 3 is 2.33 bits per heavy atom. The van der Waals surface area contributed by atoms with Gasteiger partial charge in [-0.2, -0.15) is 0 Å². The summed E-state index contributed by atoms with van der Waals surface area (Å²) < 4.78 is 45.2. The molecule has 0 aliphatic carbocycles. The minimum Gasteiger partial charge on any atom is -0.224 e. The molecule has 1 aromatic rings. The average Bonchev–Trinajstić information content (AvgIpc) is 2.28. The number of rotatable bonds is 6. The van der Waals surface area contributed by atoms with E-state index in [1.807, 2.05) is 0 Å². The molecule has 0 aromatic heterocycles. The third-order valence-electron chi connectivity index (χ3n) is 2.15. The van der Waals surface area contributed by atoms with Crippen LogP contribution in [0.4, 0.5) is 0 Å². The minimum atomic E-state index is -3.55. The lowest BCUT2D eigenvalue weighted by molar-refractivity contribution is 0.595. The Morgan fingerprint density at radius 2 is 1.78 bits per heavy atom. The van der Waals surface area contributed by atoms with Crippen LogP contribution in [0.3, 0.4) is 0 Å². The highest BCUT2D eigenvalue weighted by atomic mass is 35.7. The van der Waals surface area contributed by atoms with E-state index in [0.717, 1.165) is 0 Å². The highest BCUT2D eigenvalue weighted by molar-refractivity contribution is 8.14. The van der Waals surface area contributed by atoms with Gasteiger partial charge in [0.05, 0.1) is 16.4 Å². The van der Waals surface area contributed by atoms with E-state index in [-0.39, 0.29) is 22.2 Å². The third kappa shape index (κ3) is 4.79. The maximum atomic E-state index is 11.8. The summed E-state index contributed by atoms with van der Waals surface area (Å²) in [5.41, 5.74) is 0. The first-order chi connectivity index (χ1) is 8.26. The number of benzene rings is 1. The molecule has 0 aliphatic rings. The summed E-state index contributed by atoms with van der Waals surface area (Å²) in [4.78, 5) is 0.795. The van der Waals surface area contributed by atoms with E-state index >= 15 is 0 Å². The lowest BCUT2D eigenvalue weighted by atomic mass is 10.4. The van der Waals surface area contributed by atoms with Gasteiger partial charge in [0, 0.05) is 21.3 Å². The first-order valence-corrected chi connectivity index (χ1v) is 10.2. The summed E-state index contributed by atoms with van der Waals surface area (Å²) in [7, 11) is -1.75. The third-order valence-corrected chi connectivity index (χ3v) is 6.55. The number of halogens is 1. The smallest absolute Gasteiger partial charge is 0.224 e. The fourth-order valence-corrected chi connectivity index (χ4v) is 5.06. The van der Waals surface area contributed by atoms with Gasteiger partial charge in [-0.25, -0.2) is 16.8 Å². The molecule has 1 aromatic carbocycles. The largest absolute Gasteiger partial charge is 0.233 e. The molecule has 0 N–H and O–H groups in total. The van der Waals surface area contributed by atoms with E-state index in [1.165, 1.54) is 17.8 Å². The molecule has 0 saturated carbocycles. The normalized spacial score (nSPS) is 12.6. The zero-order valence-corrected chi connectivity index (χ0v) is 12.9. The van der Waals surface area contributed by atoms with Gasteiger partial charge in [0.15, 0.2) is 9.84 Å². The van der Waals surface area contributed by atoms with Gasteiger partial charge in [-0.3, -0.25) is 0 Å². The summed E-state index contributed by atoms with van der Waals surface area (Å²) in [6, 6.07) is 6.54. The maximum absolute atomic E-state index is 11.8. The van der Waals surface area contributed by atoms with Gasteiger partial charge >= 0.3 is 0 Å². The molecule has 0 atom stereocenters. The molecule has 0 fully saturated rings. The first kappa shape index (κ1) is 15.8. The summed E-state index contributed by atoms with van der Waals surface area (Å²) >= 11 is 1.17. The van der Waals surface area contributed by atoms with Crippen molar-refractivity contribution in [2.45, 2.75) is 16.7 Å². The van der Waals surface area contributed by atoms with Crippen LogP contribution in [0.15, 0.2) is 34.1 Å². The molecular formula is C10H13ClO4S3. The van der Waals surface area contributed by atoms with E-state index in [4.69, 9.17) is 10.7 Å². The Hall–Kier alpha value is -0.240. The molecule has 0 bridgehead atoms. The second-order valence-electron chi connectivity index (χ2n) is 3.44. The van der Waals surface area contributed by atoms with E-state index < -0.39 is 18.9 Å². The lowest BCUT2D eigenvalue weighted by Crippen LogP contribution is -2.06. The molecular weight excluding hydrogens is 316 g/mol. The molecule has 0 amide bonds. The van der Waals surface area contributed by atoms with Crippen LogP contribution in [0.25, 0.3) is 0 Å². The fourth-order valence-electron chi connectivity index (χ4n) is 1.23. The number of thioether (sulfide) groups is 1. The van der Waals surface area contributed by atoms with Gasteiger partial charge in [-0.15, -0.1) is 11.8 Å². The van der Waals surface area contributed by atoms with Crippen molar-refractivity contribution in [1.29, 1.82) is 0 Å². The molecule has 0 saturated heterocycles. The van der Waals surface area contributed by atoms with E-state index in [0.29, 0.717) is 4.90 Å². The van der Waals surface area contributed by atoms with Gasteiger partial charge in [-0.1, -0.05) is 19.1 Å². The molecule has 0 unspecified atom stereocenters. The lowest BCUT2D eigenvalue weighted by Gasteiger charge is -2.08. The van der Waals surface area contributed by atoms with Crippen LogP contribution in [0, 0.1) is 0 Å². The van der Waals surface area contributed by atoms with Crippen LogP contribution in [-0.4, -0.2) is 34.1 Å². The van der Waals surface area contributed by atoms with Gasteiger partial charge in [0.2, 0.25) is 9.05 Å². The van der Waals surface area contributed by atoms with Crippen molar-refractivity contribution in [2.75, 3.05) is 17.3 Å². The van der Waals surface area contributed by atoms with Gasteiger partial charge < -0.3 is 0 Å². The Bertz CT molecular complexity index is 608. The topological polar surface area (TPSA) is 68.3 Å². The number of hydrogen-bond donors (Lipinski definition) is 0. The zero-order valence-electron chi connectivity index (χ0n) is 9.67. The average molecular weight is 329 g/mol. The molecule has 0 radical (unpaired) electrons. The Morgan fingerprint density at radius 1 is 1.17 bits per heavy atom. The second-order valence-corrected chi connectivity index (χ2v) is 9.72. The second kappa shape index (κ2) is 6.27. The van der Waals surface area contributed by atoms with Gasteiger partial charge in [0.1, 0.15) is 0 Å². The molecule has 102 valence electrons. The van der Waals surface area contributed by atoms with Crippen molar-refractivity contribution < 1.29 is 16.8 Å². The summed E-state index contributed by atoms with van der Waals surface area (Å²) in [6.07, 6.45) is 0. The van der Waals surface area contributed by atoms with Crippen molar-refractivity contribution in [2.24, 2.45) is 0 Å². The molecule has 8 heteroatoms. The van der Waals surface area contributed by atoms with Crippen molar-refractivity contribution in [3.63, 3.8) is 0 Å². The number of sulfone groups is 1. The van der Waals surface area contributed by atoms with Crippen molar-refractivity contribution in [1.82, 2.24) is 0 Å². The first-order valence-electron chi connectivity index (χ1n) is 5.13. The van der Waals surface area contributed by atoms with Crippen LogP contribution in [0.5, 0.6) is 0 Å². The van der Waals surface area contributed by atoms with E-state index in [9.17, 15) is 16.8 Å². The quantitative estimate of drug-likeness (QED) is 0.591. The van der Waals surface area contributed by atoms with E-state index in [2.05, 4.69) is 0 Å². The molecule has 1 rings (SSSR count). The zero-order chi connectivity index (χ0) is 13.8. The summed E-state index contributed by atoms with van der Waals surface area (Å²) in [5, 5.41) is 0. The maximum Gasteiger partial charge on any atom is 0.233 e. The van der Waals surface area contributed by atoms with Gasteiger partial charge in [-0.05, 0) is 12.1 Å². The van der Waals surface area contributed by atoms with Crippen molar-refractivity contribution in [3.8, 4) is 0 Å². The van der Waals surface area contributed by atoms with Gasteiger partial charge in [0.25, 0.3) is 0 Å². The van der Waals surface area contributed by atoms with Crippen LogP contribution >= 0.6 is 22.4 Å². The SMILES string of the molecule is CCS(=O)(=O)c1ccccc1SCCS(=O)(=O)Cl. The Balaban J connectivity index is 2.91. The standard InChI is InChI=1S/C10H13ClO4S3/c1-2-17(12,13)10-6-4-3-5-9(10)16-7-8-18(11,14)15/h3-6H,2,7-8H2,1H3. The Kier molecular flexibility index (Phi) is 5.51. The predicted molar refractivity (Wildman–Crippen MR) is 74.5 cm³/mol. The number of hydrogen-bond acceptors (Lipinski definition) is 5. The summed E-state index contributed by atoms with van der Waals surface area (Å²) in [6.45, 7) is 1.57.